The number of hydrogen-bond acceptors (Lipinski definition) is 3. The van der Waals surface area contributed by atoms with E-state index < -0.39 is 11.9 Å². The lowest BCUT2D eigenvalue weighted by Gasteiger charge is -2.14. The Morgan fingerprint density at radius 1 is 1.25 bits per heavy atom. The number of imidazole rings is 1. The predicted octanol–water partition coefficient (Wildman–Crippen LogP) is 3.48. The zero-order chi connectivity index (χ0) is 13.9. The van der Waals surface area contributed by atoms with E-state index in [0.29, 0.717) is 5.56 Å². The van der Waals surface area contributed by atoms with Crippen molar-refractivity contribution in [1.29, 1.82) is 0 Å². The van der Waals surface area contributed by atoms with Crippen LogP contribution in [0.15, 0.2) is 54.2 Å². The summed E-state index contributed by atoms with van der Waals surface area (Å²) in [5.74, 6) is 0.396. The molecule has 0 spiro atoms. The SMILES string of the molecule is O[C@@H](Cn1ccnc1-c1cccs1)c1ccccc1F. The van der Waals surface area contributed by atoms with E-state index in [-0.39, 0.29) is 6.54 Å². The summed E-state index contributed by atoms with van der Waals surface area (Å²) in [5, 5.41) is 12.2. The number of aliphatic hydroxyl groups is 1. The highest BCUT2D eigenvalue weighted by atomic mass is 32.1. The van der Waals surface area contributed by atoms with Gasteiger partial charge in [0.1, 0.15) is 11.6 Å². The van der Waals surface area contributed by atoms with E-state index in [1.54, 1.807) is 41.9 Å². The first-order valence-corrected chi connectivity index (χ1v) is 7.11. The summed E-state index contributed by atoms with van der Waals surface area (Å²) < 4.78 is 15.5. The highest BCUT2D eigenvalue weighted by molar-refractivity contribution is 7.13. The number of rotatable bonds is 4. The molecule has 5 heteroatoms. The Bertz CT molecular complexity index is 693. The lowest BCUT2D eigenvalue weighted by molar-refractivity contribution is 0.152. The second-order valence-corrected chi connectivity index (χ2v) is 5.37. The molecule has 0 saturated heterocycles. The van der Waals surface area contributed by atoms with Crippen LogP contribution < -0.4 is 0 Å². The van der Waals surface area contributed by atoms with Crippen LogP contribution in [-0.4, -0.2) is 14.7 Å². The zero-order valence-electron chi connectivity index (χ0n) is 10.6. The fraction of sp³-hybridized carbons (Fsp3) is 0.133. The standard InChI is InChI=1S/C15H13FN2OS/c16-12-5-2-1-4-11(12)13(19)10-18-8-7-17-15(18)14-6-3-9-20-14/h1-9,13,19H,10H2/t13-/m0/s1. The molecule has 102 valence electrons. The van der Waals surface area contributed by atoms with E-state index in [4.69, 9.17) is 0 Å². The first-order valence-electron chi connectivity index (χ1n) is 6.23. The van der Waals surface area contributed by atoms with Crippen molar-refractivity contribution in [2.24, 2.45) is 0 Å². The summed E-state index contributed by atoms with van der Waals surface area (Å²) >= 11 is 1.58. The quantitative estimate of drug-likeness (QED) is 0.798. The summed E-state index contributed by atoms with van der Waals surface area (Å²) in [6, 6.07) is 10.2. The Balaban J connectivity index is 1.86. The van der Waals surface area contributed by atoms with Crippen LogP contribution in [0.5, 0.6) is 0 Å². The Labute approximate surface area is 120 Å². The number of aliphatic hydroxyl groups excluding tert-OH is 1. The number of benzene rings is 1. The van der Waals surface area contributed by atoms with Crippen molar-refractivity contribution < 1.29 is 9.50 Å². The van der Waals surface area contributed by atoms with Crippen molar-refractivity contribution in [3.05, 3.63) is 65.6 Å². The van der Waals surface area contributed by atoms with Gasteiger partial charge in [-0.25, -0.2) is 9.37 Å². The van der Waals surface area contributed by atoms with Gasteiger partial charge >= 0.3 is 0 Å². The minimum absolute atomic E-state index is 0.272. The Kier molecular flexibility index (Phi) is 3.62. The molecule has 0 aliphatic carbocycles. The van der Waals surface area contributed by atoms with Crippen molar-refractivity contribution >= 4 is 11.3 Å². The molecule has 0 fully saturated rings. The van der Waals surface area contributed by atoms with Crippen LogP contribution >= 0.6 is 11.3 Å². The van der Waals surface area contributed by atoms with Gasteiger partial charge in [0.05, 0.1) is 17.5 Å². The molecule has 0 aliphatic heterocycles. The molecule has 1 N–H and O–H groups in total. The van der Waals surface area contributed by atoms with Crippen molar-refractivity contribution in [2.45, 2.75) is 12.6 Å². The van der Waals surface area contributed by atoms with E-state index in [1.807, 2.05) is 22.1 Å². The van der Waals surface area contributed by atoms with Gasteiger partial charge in [0.15, 0.2) is 0 Å². The Morgan fingerprint density at radius 2 is 2.10 bits per heavy atom. The van der Waals surface area contributed by atoms with Gasteiger partial charge in [-0.15, -0.1) is 11.3 Å². The molecule has 0 amide bonds. The van der Waals surface area contributed by atoms with E-state index in [1.165, 1.54) is 6.07 Å². The van der Waals surface area contributed by atoms with Gasteiger partial charge in [-0.2, -0.15) is 0 Å². The minimum Gasteiger partial charge on any atom is -0.386 e. The first kappa shape index (κ1) is 13.0. The zero-order valence-corrected chi connectivity index (χ0v) is 11.4. The number of thiophene rings is 1. The highest BCUT2D eigenvalue weighted by Gasteiger charge is 2.15. The third-order valence-corrected chi connectivity index (χ3v) is 3.96. The van der Waals surface area contributed by atoms with Crippen LogP contribution in [0.3, 0.4) is 0 Å². The molecule has 0 saturated carbocycles. The summed E-state index contributed by atoms with van der Waals surface area (Å²) in [6.45, 7) is 0.272. The summed E-state index contributed by atoms with van der Waals surface area (Å²) in [5.41, 5.74) is 0.304. The van der Waals surface area contributed by atoms with Crippen LogP contribution in [0.4, 0.5) is 4.39 Å². The molecule has 1 aromatic carbocycles. The van der Waals surface area contributed by atoms with E-state index >= 15 is 0 Å². The van der Waals surface area contributed by atoms with Gasteiger partial charge in [-0.1, -0.05) is 24.3 Å². The van der Waals surface area contributed by atoms with Crippen LogP contribution in [-0.2, 0) is 6.54 Å². The molecule has 0 unspecified atom stereocenters. The number of hydrogen-bond donors (Lipinski definition) is 1. The molecule has 0 aliphatic rings. The summed E-state index contributed by atoms with van der Waals surface area (Å²) in [7, 11) is 0. The number of halogens is 1. The van der Waals surface area contributed by atoms with Crippen molar-refractivity contribution in [3.8, 4) is 10.7 Å². The monoisotopic (exact) mass is 288 g/mol. The van der Waals surface area contributed by atoms with E-state index in [9.17, 15) is 9.50 Å². The van der Waals surface area contributed by atoms with Crippen molar-refractivity contribution in [2.75, 3.05) is 0 Å². The fourth-order valence-electron chi connectivity index (χ4n) is 2.12. The largest absolute Gasteiger partial charge is 0.386 e. The lowest BCUT2D eigenvalue weighted by atomic mass is 10.1. The van der Waals surface area contributed by atoms with E-state index in [2.05, 4.69) is 4.98 Å². The third kappa shape index (κ3) is 2.50. The van der Waals surface area contributed by atoms with Gasteiger partial charge in [0.2, 0.25) is 0 Å². The maximum absolute atomic E-state index is 13.7. The smallest absolute Gasteiger partial charge is 0.150 e. The second kappa shape index (κ2) is 5.56. The molecule has 0 bridgehead atoms. The van der Waals surface area contributed by atoms with Crippen LogP contribution in [0.25, 0.3) is 10.7 Å². The fourth-order valence-corrected chi connectivity index (χ4v) is 2.85. The molecule has 2 heterocycles. The van der Waals surface area contributed by atoms with E-state index in [0.717, 1.165) is 10.7 Å². The number of nitrogens with zero attached hydrogens (tertiary/aromatic N) is 2. The van der Waals surface area contributed by atoms with Crippen LogP contribution in [0.1, 0.15) is 11.7 Å². The van der Waals surface area contributed by atoms with Gasteiger partial charge in [0.25, 0.3) is 0 Å². The highest BCUT2D eigenvalue weighted by Crippen LogP contribution is 2.25. The molecular formula is C15H13FN2OS. The van der Waals surface area contributed by atoms with Crippen LogP contribution in [0.2, 0.25) is 0 Å². The Hall–Kier alpha value is -1.98. The third-order valence-electron chi connectivity index (χ3n) is 3.09. The maximum Gasteiger partial charge on any atom is 0.150 e. The van der Waals surface area contributed by atoms with Gasteiger partial charge in [-0.05, 0) is 17.5 Å². The first-order chi connectivity index (χ1) is 9.75. The van der Waals surface area contributed by atoms with Gasteiger partial charge in [-0.3, -0.25) is 0 Å². The van der Waals surface area contributed by atoms with Gasteiger partial charge in [0, 0.05) is 18.0 Å². The van der Waals surface area contributed by atoms with Crippen molar-refractivity contribution in [3.63, 3.8) is 0 Å². The second-order valence-electron chi connectivity index (χ2n) is 4.42. The molecule has 0 radical (unpaired) electrons. The normalized spacial score (nSPS) is 12.5. The average Bonchev–Trinajstić information content (AvgIpc) is 3.09. The average molecular weight is 288 g/mol. The molecule has 2 aromatic heterocycles. The van der Waals surface area contributed by atoms with Crippen LogP contribution in [0, 0.1) is 5.82 Å². The topological polar surface area (TPSA) is 38.0 Å². The summed E-state index contributed by atoms with van der Waals surface area (Å²) in [6.07, 6.45) is 2.58. The summed E-state index contributed by atoms with van der Waals surface area (Å²) in [4.78, 5) is 5.32. The number of aromatic nitrogens is 2. The van der Waals surface area contributed by atoms with Crippen molar-refractivity contribution in [1.82, 2.24) is 9.55 Å². The molecule has 20 heavy (non-hydrogen) atoms. The minimum atomic E-state index is -0.899. The predicted molar refractivity (Wildman–Crippen MR) is 76.9 cm³/mol. The molecular weight excluding hydrogens is 275 g/mol. The molecule has 3 rings (SSSR count). The Morgan fingerprint density at radius 3 is 2.85 bits per heavy atom. The molecule has 3 aromatic rings. The maximum atomic E-state index is 13.7. The molecule has 3 nitrogen and oxygen atoms in total. The lowest BCUT2D eigenvalue weighted by Crippen LogP contribution is -2.10. The molecule has 1 atom stereocenters. The van der Waals surface area contributed by atoms with Gasteiger partial charge < -0.3 is 9.67 Å².